The molecule has 0 saturated heterocycles. The van der Waals surface area contributed by atoms with Gasteiger partial charge < -0.3 is 19.6 Å². The number of hydrogen-bond acceptors (Lipinski definition) is 4. The van der Waals surface area contributed by atoms with Crippen LogP contribution in [0.1, 0.15) is 49.6 Å². The zero-order valence-electron chi connectivity index (χ0n) is 16.7. The van der Waals surface area contributed by atoms with Gasteiger partial charge in [0.15, 0.2) is 0 Å². The van der Waals surface area contributed by atoms with Crippen molar-refractivity contribution < 1.29 is 23.8 Å². The Hall–Kier alpha value is -2.76. The summed E-state index contributed by atoms with van der Waals surface area (Å²) in [6.07, 6.45) is 1.73. The molecule has 6 heteroatoms. The molecule has 1 aromatic carbocycles. The van der Waals surface area contributed by atoms with Crippen molar-refractivity contribution in [1.82, 2.24) is 5.32 Å². The predicted octanol–water partition coefficient (Wildman–Crippen LogP) is 4.14. The quantitative estimate of drug-likeness (QED) is 0.712. The lowest BCUT2D eigenvalue weighted by Crippen LogP contribution is -2.39. The van der Waals surface area contributed by atoms with Crippen molar-refractivity contribution in [2.45, 2.75) is 54.0 Å². The van der Waals surface area contributed by atoms with Gasteiger partial charge in [0, 0.05) is 22.6 Å². The van der Waals surface area contributed by atoms with Crippen LogP contribution >= 0.6 is 0 Å². The van der Waals surface area contributed by atoms with E-state index in [1.54, 1.807) is 6.92 Å². The van der Waals surface area contributed by atoms with E-state index in [-0.39, 0.29) is 0 Å². The highest BCUT2D eigenvalue weighted by molar-refractivity contribution is 5.99. The summed E-state index contributed by atoms with van der Waals surface area (Å²) >= 11 is 0. The van der Waals surface area contributed by atoms with E-state index in [0.717, 1.165) is 33.4 Å². The third-order valence-corrected chi connectivity index (χ3v) is 4.73. The lowest BCUT2D eigenvalue weighted by atomic mass is 9.98. The Morgan fingerprint density at radius 2 is 1.93 bits per heavy atom. The zero-order valence-corrected chi connectivity index (χ0v) is 16.7. The Morgan fingerprint density at radius 1 is 1.26 bits per heavy atom. The molecule has 1 amide bonds. The van der Waals surface area contributed by atoms with Gasteiger partial charge in [-0.05, 0) is 58.2 Å². The lowest BCUT2D eigenvalue weighted by Gasteiger charge is -2.15. The summed E-state index contributed by atoms with van der Waals surface area (Å²) in [5, 5.41) is 12.6. The highest BCUT2D eigenvalue weighted by atomic mass is 16.5. The van der Waals surface area contributed by atoms with Crippen molar-refractivity contribution in [3.05, 3.63) is 34.6 Å². The van der Waals surface area contributed by atoms with E-state index < -0.39 is 17.9 Å². The second kappa shape index (κ2) is 8.29. The maximum absolute atomic E-state index is 12.3. The van der Waals surface area contributed by atoms with Gasteiger partial charge >= 0.3 is 5.97 Å². The van der Waals surface area contributed by atoms with Crippen LogP contribution < -0.4 is 10.1 Å². The van der Waals surface area contributed by atoms with Crippen molar-refractivity contribution >= 4 is 28.4 Å². The van der Waals surface area contributed by atoms with Crippen LogP contribution in [0.4, 0.5) is 0 Å². The highest BCUT2D eigenvalue weighted by Gasteiger charge is 2.20. The number of carboxylic acids is 1. The number of rotatable bonds is 7. The molecule has 1 heterocycles. The maximum atomic E-state index is 12.3. The number of aliphatic carboxylic acids is 1. The molecule has 0 saturated carbocycles. The third-order valence-electron chi connectivity index (χ3n) is 4.73. The van der Waals surface area contributed by atoms with E-state index in [9.17, 15) is 9.59 Å². The first-order valence-electron chi connectivity index (χ1n) is 9.09. The number of carboxylic acid groups (broad SMARTS) is 1. The maximum Gasteiger partial charge on any atom is 0.326 e. The Bertz CT molecular complexity index is 907. The molecule has 27 heavy (non-hydrogen) atoms. The number of nitrogens with one attached hydrogen (secondary N) is 1. The molecule has 0 radical (unpaired) electrons. The van der Waals surface area contributed by atoms with Crippen molar-refractivity contribution in [2.75, 3.05) is 6.61 Å². The molecule has 1 atom stereocenters. The van der Waals surface area contributed by atoms with Crippen LogP contribution in [0.3, 0.4) is 0 Å². The van der Waals surface area contributed by atoms with Crippen LogP contribution in [0.5, 0.6) is 5.75 Å². The van der Waals surface area contributed by atoms with Crippen LogP contribution in [0.15, 0.2) is 16.6 Å². The standard InChI is InChI=1S/C21H27NO5/c1-7-17(21(24)25)22-18(23)9-11(3)15-10-16-12(4)14(6)27-20(16)13(5)19(15)26-8-2/h9-10,17H,7-8H2,1-6H3,(H,22,23)(H,24,25)/b11-9+. The summed E-state index contributed by atoms with van der Waals surface area (Å²) in [5.41, 5.74) is 4.20. The van der Waals surface area contributed by atoms with E-state index in [2.05, 4.69) is 5.32 Å². The van der Waals surface area contributed by atoms with Crippen LogP contribution in [-0.2, 0) is 9.59 Å². The average Bonchev–Trinajstić information content (AvgIpc) is 2.90. The molecule has 0 aliphatic rings. The van der Waals surface area contributed by atoms with Gasteiger partial charge in [-0.25, -0.2) is 4.79 Å². The first-order chi connectivity index (χ1) is 12.7. The summed E-state index contributed by atoms with van der Waals surface area (Å²) in [4.78, 5) is 23.4. The molecule has 1 aromatic heterocycles. The number of amides is 1. The van der Waals surface area contributed by atoms with Gasteiger partial charge in [0.1, 0.15) is 23.1 Å². The summed E-state index contributed by atoms with van der Waals surface area (Å²) in [6, 6.07) is 1.06. The molecule has 0 spiro atoms. The van der Waals surface area contributed by atoms with E-state index in [4.69, 9.17) is 14.3 Å². The van der Waals surface area contributed by atoms with Crippen LogP contribution in [-0.4, -0.2) is 29.6 Å². The number of aryl methyl sites for hydroxylation is 3. The monoisotopic (exact) mass is 373 g/mol. The summed E-state index contributed by atoms with van der Waals surface area (Å²) in [7, 11) is 0. The third kappa shape index (κ3) is 4.15. The fourth-order valence-corrected chi connectivity index (χ4v) is 3.06. The predicted molar refractivity (Wildman–Crippen MR) is 105 cm³/mol. The van der Waals surface area contributed by atoms with Gasteiger partial charge in [-0.3, -0.25) is 4.79 Å². The minimum absolute atomic E-state index is 0.316. The lowest BCUT2D eigenvalue weighted by molar-refractivity contribution is -0.141. The van der Waals surface area contributed by atoms with Gasteiger partial charge in [-0.2, -0.15) is 0 Å². The second-order valence-corrected chi connectivity index (χ2v) is 6.61. The molecule has 2 N–H and O–H groups in total. The highest BCUT2D eigenvalue weighted by Crippen LogP contribution is 2.38. The van der Waals surface area contributed by atoms with Gasteiger partial charge in [0.2, 0.25) is 5.91 Å². The molecule has 0 bridgehead atoms. The molecule has 1 unspecified atom stereocenters. The number of benzene rings is 1. The Balaban J connectivity index is 2.51. The average molecular weight is 373 g/mol. The van der Waals surface area contributed by atoms with Crippen LogP contribution in [0.2, 0.25) is 0 Å². The topological polar surface area (TPSA) is 88.8 Å². The normalized spacial score (nSPS) is 12.9. The fraction of sp³-hybridized carbons (Fsp3) is 0.429. The largest absolute Gasteiger partial charge is 0.493 e. The second-order valence-electron chi connectivity index (χ2n) is 6.61. The number of fused-ring (bicyclic) bond motifs is 1. The Labute approximate surface area is 159 Å². The number of furan rings is 1. The van der Waals surface area contributed by atoms with Gasteiger partial charge in [0.05, 0.1) is 6.61 Å². The summed E-state index contributed by atoms with van der Waals surface area (Å²) < 4.78 is 11.7. The molecule has 2 rings (SSSR count). The van der Waals surface area contributed by atoms with E-state index >= 15 is 0 Å². The molecule has 0 aliphatic carbocycles. The molecule has 146 valence electrons. The molecule has 0 fully saturated rings. The SMILES string of the molecule is CCOc1c(/C(C)=C/C(=O)NC(CC)C(=O)O)cc2c(C)c(C)oc2c1C. The molecular weight excluding hydrogens is 346 g/mol. The number of carbonyl (C=O) groups is 2. The van der Waals surface area contributed by atoms with Gasteiger partial charge in [-0.15, -0.1) is 0 Å². The fourth-order valence-electron chi connectivity index (χ4n) is 3.06. The van der Waals surface area contributed by atoms with E-state index in [1.165, 1.54) is 6.08 Å². The minimum atomic E-state index is -1.05. The molecule has 6 nitrogen and oxygen atoms in total. The number of ether oxygens (including phenoxy) is 1. The molecule has 0 aliphatic heterocycles. The Morgan fingerprint density at radius 3 is 2.48 bits per heavy atom. The van der Waals surface area contributed by atoms with Gasteiger partial charge in [0.25, 0.3) is 0 Å². The van der Waals surface area contributed by atoms with E-state index in [0.29, 0.717) is 24.4 Å². The van der Waals surface area contributed by atoms with Crippen molar-refractivity contribution in [3.63, 3.8) is 0 Å². The van der Waals surface area contributed by atoms with Gasteiger partial charge in [-0.1, -0.05) is 6.92 Å². The number of carbonyl (C=O) groups excluding carboxylic acids is 1. The zero-order chi connectivity index (χ0) is 20.3. The number of allylic oxidation sites excluding steroid dienone is 1. The van der Waals surface area contributed by atoms with Crippen LogP contribution in [0, 0.1) is 20.8 Å². The van der Waals surface area contributed by atoms with Crippen LogP contribution in [0.25, 0.3) is 16.5 Å². The van der Waals surface area contributed by atoms with Crippen molar-refractivity contribution in [3.8, 4) is 5.75 Å². The van der Waals surface area contributed by atoms with Crippen molar-refractivity contribution in [2.24, 2.45) is 0 Å². The summed E-state index contributed by atoms with van der Waals surface area (Å²) in [6.45, 7) is 11.8. The molecular formula is C21H27NO5. The molecule has 2 aromatic rings. The smallest absolute Gasteiger partial charge is 0.326 e. The minimum Gasteiger partial charge on any atom is -0.493 e. The first-order valence-corrected chi connectivity index (χ1v) is 9.09. The van der Waals surface area contributed by atoms with Crippen molar-refractivity contribution in [1.29, 1.82) is 0 Å². The summed E-state index contributed by atoms with van der Waals surface area (Å²) in [5.74, 6) is 0.0283. The Kier molecular flexibility index (Phi) is 6.31. The first kappa shape index (κ1) is 20.6. The number of hydrogen-bond donors (Lipinski definition) is 2. The van der Waals surface area contributed by atoms with E-state index in [1.807, 2.05) is 40.7 Å².